The molecule has 0 heterocycles. The lowest BCUT2D eigenvalue weighted by molar-refractivity contribution is -0.110. The van der Waals surface area contributed by atoms with Gasteiger partial charge in [0.1, 0.15) is 0 Å². The van der Waals surface area contributed by atoms with E-state index < -0.39 is 6.10 Å². The molecule has 0 aliphatic carbocycles. The Balaban J connectivity index is 3.04. The summed E-state index contributed by atoms with van der Waals surface area (Å²) in [5.74, 6) is 0. The third kappa shape index (κ3) is 5.26. The summed E-state index contributed by atoms with van der Waals surface area (Å²) in [7, 11) is 0. The molecule has 0 unspecified atom stereocenters. The van der Waals surface area contributed by atoms with Crippen LogP contribution in [0.4, 0.5) is 0 Å². The molecule has 0 aliphatic rings. The molecule has 0 rings (SSSR count). The molecule has 0 fully saturated rings. The van der Waals surface area contributed by atoms with Crippen molar-refractivity contribution in [2.24, 2.45) is 0 Å². The van der Waals surface area contributed by atoms with Crippen molar-refractivity contribution >= 4 is 6.41 Å². The first-order valence-electron chi connectivity index (χ1n) is 2.77. The predicted molar refractivity (Wildman–Crippen MR) is 31.8 cm³/mol. The molecule has 9 heavy (non-hydrogen) atoms. The van der Waals surface area contributed by atoms with Crippen molar-refractivity contribution in [2.75, 3.05) is 13.2 Å². The van der Waals surface area contributed by atoms with Gasteiger partial charge in [0.15, 0.2) is 0 Å². The Morgan fingerprint density at radius 3 is 2.78 bits per heavy atom. The van der Waals surface area contributed by atoms with Gasteiger partial charge in [-0.3, -0.25) is 4.79 Å². The van der Waals surface area contributed by atoms with Gasteiger partial charge in [0, 0.05) is 13.2 Å². The molecule has 0 saturated carbocycles. The molecule has 3 N–H and O–H groups in total. The summed E-state index contributed by atoms with van der Waals surface area (Å²) in [6.45, 7) is 0.158. The van der Waals surface area contributed by atoms with Crippen LogP contribution in [0.15, 0.2) is 0 Å². The van der Waals surface area contributed by atoms with Gasteiger partial charge in [-0.2, -0.15) is 0 Å². The number of nitrogens with one attached hydrogen (secondary N) is 1. The smallest absolute Gasteiger partial charge is 0.207 e. The zero-order chi connectivity index (χ0) is 7.11. The molecule has 1 amide bonds. The summed E-state index contributed by atoms with van der Waals surface area (Å²) in [6, 6.07) is 0. The van der Waals surface area contributed by atoms with Crippen LogP contribution in [0.5, 0.6) is 0 Å². The van der Waals surface area contributed by atoms with E-state index in [1.54, 1.807) is 0 Å². The largest absolute Gasteiger partial charge is 0.396 e. The average Bonchev–Trinajstić information content (AvgIpc) is 1.85. The number of aliphatic hydroxyl groups excluding tert-OH is 2. The lowest BCUT2D eigenvalue weighted by Gasteiger charge is -2.05. The zero-order valence-corrected chi connectivity index (χ0v) is 5.08. The second-order valence-electron chi connectivity index (χ2n) is 1.69. The number of carbonyl (C=O) groups excluding carboxylic acids is 1. The van der Waals surface area contributed by atoms with Gasteiger partial charge in [0.2, 0.25) is 6.41 Å². The van der Waals surface area contributed by atoms with Crippen molar-refractivity contribution in [3.8, 4) is 0 Å². The Bertz CT molecular complexity index is 76.6. The minimum Gasteiger partial charge on any atom is -0.396 e. The van der Waals surface area contributed by atoms with E-state index in [2.05, 4.69) is 5.32 Å². The van der Waals surface area contributed by atoms with Crippen molar-refractivity contribution in [3.63, 3.8) is 0 Å². The molecule has 0 aromatic heterocycles. The first-order valence-corrected chi connectivity index (χ1v) is 2.77. The fraction of sp³-hybridized carbons (Fsp3) is 0.800. The quantitative estimate of drug-likeness (QED) is 0.399. The maximum Gasteiger partial charge on any atom is 0.207 e. The van der Waals surface area contributed by atoms with Crippen molar-refractivity contribution in [1.82, 2.24) is 5.32 Å². The second kappa shape index (κ2) is 5.53. The van der Waals surface area contributed by atoms with Crippen molar-refractivity contribution in [3.05, 3.63) is 0 Å². The predicted octanol–water partition coefficient (Wildman–Crippen LogP) is -1.52. The van der Waals surface area contributed by atoms with Crippen LogP contribution in [0.25, 0.3) is 0 Å². The topological polar surface area (TPSA) is 69.6 Å². The van der Waals surface area contributed by atoms with Gasteiger partial charge < -0.3 is 15.5 Å². The van der Waals surface area contributed by atoms with E-state index in [1.807, 2.05) is 0 Å². The van der Waals surface area contributed by atoms with Gasteiger partial charge in [-0.05, 0) is 6.42 Å². The van der Waals surface area contributed by atoms with Gasteiger partial charge >= 0.3 is 0 Å². The number of hydrogen-bond donors (Lipinski definition) is 3. The SMILES string of the molecule is O=CNC[C@H](O)CCO. The monoisotopic (exact) mass is 133 g/mol. The number of aliphatic hydroxyl groups is 2. The molecule has 0 bridgehead atoms. The van der Waals surface area contributed by atoms with Gasteiger partial charge in [0.25, 0.3) is 0 Å². The molecule has 4 heteroatoms. The van der Waals surface area contributed by atoms with E-state index in [0.717, 1.165) is 0 Å². The lowest BCUT2D eigenvalue weighted by Crippen LogP contribution is -2.26. The van der Waals surface area contributed by atoms with Gasteiger partial charge in [-0.1, -0.05) is 0 Å². The first-order chi connectivity index (χ1) is 4.31. The van der Waals surface area contributed by atoms with Gasteiger partial charge in [-0.15, -0.1) is 0 Å². The fourth-order valence-corrected chi connectivity index (χ4v) is 0.435. The van der Waals surface area contributed by atoms with Crippen LogP contribution >= 0.6 is 0 Å². The Hall–Kier alpha value is -0.610. The van der Waals surface area contributed by atoms with Crippen LogP contribution in [-0.2, 0) is 4.79 Å². The Morgan fingerprint density at radius 1 is 1.67 bits per heavy atom. The van der Waals surface area contributed by atoms with E-state index in [4.69, 9.17) is 10.2 Å². The van der Waals surface area contributed by atoms with Crippen molar-refractivity contribution in [1.29, 1.82) is 0 Å². The summed E-state index contributed by atoms with van der Waals surface area (Å²) in [4.78, 5) is 9.63. The fourth-order valence-electron chi connectivity index (χ4n) is 0.435. The lowest BCUT2D eigenvalue weighted by atomic mass is 10.3. The maximum absolute atomic E-state index is 9.63. The number of carbonyl (C=O) groups is 1. The standard InChI is InChI=1S/C5H11NO3/c7-2-1-5(9)3-6-4-8/h4-5,7,9H,1-3H2,(H,6,8)/t5-/m1/s1. The summed E-state index contributed by atoms with van der Waals surface area (Å²) in [5.41, 5.74) is 0. The van der Waals surface area contributed by atoms with Crippen LogP contribution in [0.3, 0.4) is 0 Å². The Kier molecular flexibility index (Phi) is 5.15. The molecule has 0 saturated heterocycles. The van der Waals surface area contributed by atoms with Crippen molar-refractivity contribution in [2.45, 2.75) is 12.5 Å². The highest BCUT2D eigenvalue weighted by Gasteiger charge is 1.99. The van der Waals surface area contributed by atoms with Gasteiger partial charge in [-0.25, -0.2) is 0 Å². The Labute approximate surface area is 53.5 Å². The van der Waals surface area contributed by atoms with E-state index in [0.29, 0.717) is 12.8 Å². The highest BCUT2D eigenvalue weighted by atomic mass is 16.3. The zero-order valence-electron chi connectivity index (χ0n) is 5.08. The second-order valence-corrected chi connectivity index (χ2v) is 1.69. The number of hydrogen-bond acceptors (Lipinski definition) is 3. The summed E-state index contributed by atoms with van der Waals surface area (Å²) < 4.78 is 0. The molecule has 0 aromatic rings. The minimum absolute atomic E-state index is 0.0539. The molecule has 0 aromatic carbocycles. The summed E-state index contributed by atoms with van der Waals surface area (Å²) >= 11 is 0. The molecule has 0 radical (unpaired) electrons. The maximum atomic E-state index is 9.63. The molecular formula is C5H11NO3. The van der Waals surface area contributed by atoms with E-state index in [-0.39, 0.29) is 13.2 Å². The first kappa shape index (κ1) is 8.39. The van der Waals surface area contributed by atoms with E-state index in [1.165, 1.54) is 0 Å². The molecule has 1 atom stereocenters. The van der Waals surface area contributed by atoms with Gasteiger partial charge in [0.05, 0.1) is 6.10 Å². The Morgan fingerprint density at radius 2 is 2.33 bits per heavy atom. The molecule has 0 aliphatic heterocycles. The van der Waals surface area contributed by atoms with Crippen LogP contribution in [0, 0.1) is 0 Å². The summed E-state index contributed by atoms with van der Waals surface area (Å²) in [5, 5.41) is 19.3. The van der Waals surface area contributed by atoms with Crippen LogP contribution in [0.2, 0.25) is 0 Å². The number of rotatable bonds is 5. The highest BCUT2D eigenvalue weighted by Crippen LogP contribution is 1.85. The molecule has 54 valence electrons. The van der Waals surface area contributed by atoms with Crippen LogP contribution in [-0.4, -0.2) is 35.9 Å². The molecule has 4 nitrogen and oxygen atoms in total. The summed E-state index contributed by atoms with van der Waals surface area (Å²) in [6.07, 6.45) is 0.196. The highest BCUT2D eigenvalue weighted by molar-refractivity contribution is 5.45. The molecular weight excluding hydrogens is 122 g/mol. The number of amides is 1. The van der Waals surface area contributed by atoms with Crippen molar-refractivity contribution < 1.29 is 15.0 Å². The third-order valence-electron chi connectivity index (χ3n) is 0.899. The van der Waals surface area contributed by atoms with Crippen LogP contribution < -0.4 is 5.32 Å². The van der Waals surface area contributed by atoms with Crippen LogP contribution in [0.1, 0.15) is 6.42 Å². The average molecular weight is 133 g/mol. The third-order valence-corrected chi connectivity index (χ3v) is 0.899. The molecule has 0 spiro atoms. The van der Waals surface area contributed by atoms with E-state index in [9.17, 15) is 4.79 Å². The van der Waals surface area contributed by atoms with E-state index >= 15 is 0 Å². The normalized spacial score (nSPS) is 12.7. The minimum atomic E-state index is -0.625.